The van der Waals surface area contributed by atoms with Crippen molar-refractivity contribution in [3.63, 3.8) is 0 Å². The minimum atomic E-state index is 0.575. The van der Waals surface area contributed by atoms with E-state index >= 15 is 0 Å². The molecule has 0 bridgehead atoms. The minimum Gasteiger partial charge on any atom is -0.290 e. The maximum atomic E-state index is 3.27. The third kappa shape index (κ3) is 11.6. The topological polar surface area (TPSA) is 48.1 Å². The summed E-state index contributed by atoms with van der Waals surface area (Å²) in [6.07, 6.45) is 13.2. The van der Waals surface area contributed by atoms with Gasteiger partial charge in [-0.25, -0.2) is 10.9 Å². The van der Waals surface area contributed by atoms with E-state index in [0.717, 1.165) is 0 Å². The molecule has 7 heteroatoms. The van der Waals surface area contributed by atoms with Crippen LogP contribution in [-0.4, -0.2) is 12.1 Å². The van der Waals surface area contributed by atoms with Gasteiger partial charge in [-0.1, -0.05) is 38.5 Å². The summed E-state index contributed by atoms with van der Waals surface area (Å²) in [5, 5.41) is 6.54. The molecule has 2 aliphatic carbocycles. The maximum Gasteiger partial charge on any atom is 0.155 e. The Hall–Kier alpha value is 1.46. The zero-order valence-electron chi connectivity index (χ0n) is 12.3. The van der Waals surface area contributed by atoms with Crippen molar-refractivity contribution < 1.29 is 13.9 Å². The fraction of sp³-hybridized carbons (Fsp3) is 0.857. The summed E-state index contributed by atoms with van der Waals surface area (Å²) in [6.45, 7) is 5.96. The molecule has 4 N–H and O–H groups in total. The second-order valence-electron chi connectivity index (χ2n) is 5.50. The fourth-order valence-corrected chi connectivity index (χ4v) is 2.83. The molecule has 0 atom stereocenters. The number of halogens is 2. The summed E-state index contributed by atoms with van der Waals surface area (Å²) in [6, 6.07) is 1.19. The molecule has 0 saturated heterocycles. The molecular weight excluding hydrogens is 490 g/mol. The van der Waals surface area contributed by atoms with Gasteiger partial charge in [0.2, 0.25) is 0 Å². The van der Waals surface area contributed by atoms with Crippen LogP contribution in [-0.2, 0) is 13.9 Å². The quantitative estimate of drug-likeness (QED) is 0.181. The van der Waals surface area contributed by atoms with Crippen molar-refractivity contribution in [2.75, 3.05) is 0 Å². The number of hydrazine groups is 1. The summed E-state index contributed by atoms with van der Waals surface area (Å²) in [7, 11) is 0. The van der Waals surface area contributed by atoms with Gasteiger partial charge in [-0.05, 0) is 25.7 Å². The summed E-state index contributed by atoms with van der Waals surface area (Å²) >= 11 is 6.80. The van der Waals surface area contributed by atoms with Crippen LogP contribution in [0.2, 0.25) is 0 Å². The van der Waals surface area contributed by atoms with Crippen molar-refractivity contribution in [1.29, 1.82) is 0 Å². The summed E-state index contributed by atoms with van der Waals surface area (Å²) in [4.78, 5) is 0. The third-order valence-electron chi connectivity index (χ3n) is 3.95. The first-order chi connectivity index (χ1) is 10.4. The molecule has 21 heavy (non-hydrogen) atoms. The number of hydrogen-bond acceptors (Lipinski definition) is 4. The Balaban J connectivity index is 0.000000677. The van der Waals surface area contributed by atoms with Crippen LogP contribution in [0.15, 0.2) is 0 Å². The van der Waals surface area contributed by atoms with Crippen molar-refractivity contribution in [2.24, 2.45) is 0 Å². The predicted molar refractivity (Wildman–Crippen MR) is 90.6 cm³/mol. The zero-order valence-corrected chi connectivity index (χ0v) is 17.0. The van der Waals surface area contributed by atoms with Crippen LogP contribution in [0, 0.1) is 13.3 Å². The molecular formula is C14H26Br2N4Pd. The number of rotatable bonds is 7. The van der Waals surface area contributed by atoms with E-state index in [-0.39, 0.29) is 0 Å². The molecule has 126 valence electrons. The van der Waals surface area contributed by atoms with Crippen LogP contribution in [0.3, 0.4) is 0 Å². The van der Waals surface area contributed by atoms with Crippen molar-refractivity contribution in [3.8, 4) is 0 Å². The van der Waals surface area contributed by atoms with Gasteiger partial charge >= 0.3 is 40.8 Å². The van der Waals surface area contributed by atoms with E-state index in [4.69, 9.17) is 0 Å². The van der Waals surface area contributed by atoms with E-state index in [1.807, 2.05) is 0 Å². The molecule has 2 rings (SSSR count). The van der Waals surface area contributed by atoms with Gasteiger partial charge in [-0.15, -0.1) is 0 Å². The van der Waals surface area contributed by atoms with Gasteiger partial charge in [0.1, 0.15) is 0 Å². The van der Waals surface area contributed by atoms with E-state index in [0.29, 0.717) is 26.0 Å². The summed E-state index contributed by atoms with van der Waals surface area (Å²) < 4.78 is 0. The fourth-order valence-electron chi connectivity index (χ4n) is 2.83. The second-order valence-corrected chi connectivity index (χ2v) is 12.7. The molecule has 0 aromatic heterocycles. The van der Waals surface area contributed by atoms with Crippen LogP contribution in [0.5, 0.6) is 0 Å². The first-order valence-electron chi connectivity index (χ1n) is 7.70. The third-order valence-corrected chi connectivity index (χ3v) is 3.95. The first kappa shape index (κ1) is 20.5. The molecule has 0 aromatic rings. The second kappa shape index (κ2) is 15.0. The Kier molecular flexibility index (Phi) is 14.7. The van der Waals surface area contributed by atoms with Crippen molar-refractivity contribution >= 4 is 26.9 Å². The molecule has 0 aliphatic heterocycles. The molecule has 0 aromatic carbocycles. The molecule has 2 fully saturated rings. The van der Waals surface area contributed by atoms with Gasteiger partial charge in [0.05, 0.1) is 0 Å². The van der Waals surface area contributed by atoms with Crippen molar-refractivity contribution in [3.05, 3.63) is 13.3 Å². The summed E-state index contributed by atoms with van der Waals surface area (Å²) in [5.41, 5.74) is 5.78. The van der Waals surface area contributed by atoms with Crippen LogP contribution >= 0.6 is 26.9 Å². The largest absolute Gasteiger partial charge is 0.290 e. The molecule has 4 radical (unpaired) electrons. The van der Waals surface area contributed by atoms with E-state index in [9.17, 15) is 0 Å². The summed E-state index contributed by atoms with van der Waals surface area (Å²) in [5.74, 6) is 0. The van der Waals surface area contributed by atoms with Crippen LogP contribution < -0.4 is 21.5 Å². The molecule has 0 spiro atoms. The van der Waals surface area contributed by atoms with Gasteiger partial charge in [0, 0.05) is 12.1 Å². The zero-order chi connectivity index (χ0) is 15.2. The normalized spacial score (nSPS) is 21.0. The van der Waals surface area contributed by atoms with Crippen LogP contribution in [0.1, 0.15) is 64.2 Å². The SMILES string of the molecule is [Br][Pd][Br].[C](NN[C]NC1CCCCC1)NC1CCCCC1. The molecule has 0 unspecified atom stereocenters. The van der Waals surface area contributed by atoms with Crippen molar-refractivity contribution in [2.45, 2.75) is 76.3 Å². The molecule has 4 nitrogen and oxygen atoms in total. The van der Waals surface area contributed by atoms with Crippen LogP contribution in [0.4, 0.5) is 0 Å². The average Bonchev–Trinajstić information content (AvgIpc) is 2.53. The van der Waals surface area contributed by atoms with Gasteiger partial charge in [-0.2, -0.15) is 0 Å². The molecule has 2 saturated carbocycles. The molecule has 0 heterocycles. The Morgan fingerprint density at radius 1 is 0.667 bits per heavy atom. The van der Waals surface area contributed by atoms with E-state index in [2.05, 4.69) is 61.7 Å². The van der Waals surface area contributed by atoms with Crippen LogP contribution in [0.25, 0.3) is 0 Å². The van der Waals surface area contributed by atoms with Gasteiger partial charge in [0.15, 0.2) is 13.3 Å². The Labute approximate surface area is 151 Å². The monoisotopic (exact) mass is 514 g/mol. The van der Waals surface area contributed by atoms with E-state index in [1.165, 1.54) is 64.2 Å². The molecule has 0 amide bonds. The average molecular weight is 517 g/mol. The molecule has 2 aliphatic rings. The van der Waals surface area contributed by atoms with Crippen molar-refractivity contribution in [1.82, 2.24) is 21.5 Å². The Bertz CT molecular complexity index is 203. The van der Waals surface area contributed by atoms with Gasteiger partial charge in [-0.3, -0.25) is 10.6 Å². The smallest absolute Gasteiger partial charge is 0.155 e. The van der Waals surface area contributed by atoms with E-state index < -0.39 is 0 Å². The predicted octanol–water partition coefficient (Wildman–Crippen LogP) is 3.61. The van der Waals surface area contributed by atoms with E-state index in [1.54, 1.807) is 0 Å². The Morgan fingerprint density at radius 2 is 1.00 bits per heavy atom. The maximum absolute atomic E-state index is 3.27. The standard InChI is InChI=1S/C14H26N4.2BrH.Pd/c1-3-7-13(8-4-1)15-11-17-18-12-16-14-9-5-2-6-10-14;;;/h13-18H,1-10H2;2*1H;/q;;;+2/p-2. The first-order valence-corrected chi connectivity index (χ1v) is 14.8. The van der Waals surface area contributed by atoms with Gasteiger partial charge < -0.3 is 0 Å². The minimum absolute atomic E-state index is 0.575. The number of nitrogens with one attached hydrogen (secondary N) is 4. The number of hydrogen-bond donors (Lipinski definition) is 4. The Morgan fingerprint density at radius 3 is 1.33 bits per heavy atom. The van der Waals surface area contributed by atoms with Gasteiger partial charge in [0.25, 0.3) is 0 Å².